The van der Waals surface area contributed by atoms with Gasteiger partial charge in [0, 0.05) is 16.8 Å². The summed E-state index contributed by atoms with van der Waals surface area (Å²) in [5.74, 6) is 1.34. The molecule has 1 aliphatic rings. The minimum absolute atomic E-state index is 0.277. The van der Waals surface area contributed by atoms with Crippen molar-refractivity contribution in [1.29, 1.82) is 0 Å². The fraction of sp³-hybridized carbons (Fsp3) is 0.600. The van der Waals surface area contributed by atoms with Crippen LogP contribution in [0.15, 0.2) is 18.2 Å². The molecule has 0 heterocycles. The zero-order valence-corrected chi connectivity index (χ0v) is 11.8. The Balaban J connectivity index is 1.91. The Morgan fingerprint density at radius 1 is 1.17 bits per heavy atom. The minimum Gasteiger partial charge on any atom is -0.382 e. The summed E-state index contributed by atoms with van der Waals surface area (Å²) in [6, 6.07) is 5.10. The van der Waals surface area contributed by atoms with E-state index in [0.717, 1.165) is 30.4 Å². The number of anilines is 1. The van der Waals surface area contributed by atoms with Crippen LogP contribution in [0.1, 0.15) is 39.5 Å². The standard InChI is InChI=1S/C15H21ClFN/c1-10(2)11-3-5-14(6-4-11)18-15-8-12(16)7-13(17)9-15/h7-11,14,18H,3-6H2,1-2H3. The Morgan fingerprint density at radius 3 is 2.39 bits per heavy atom. The van der Waals surface area contributed by atoms with E-state index in [1.165, 1.54) is 25.0 Å². The van der Waals surface area contributed by atoms with E-state index < -0.39 is 0 Å². The number of halogens is 2. The normalized spacial score (nSPS) is 24.3. The van der Waals surface area contributed by atoms with E-state index in [9.17, 15) is 4.39 Å². The van der Waals surface area contributed by atoms with Crippen LogP contribution >= 0.6 is 11.6 Å². The van der Waals surface area contributed by atoms with Crippen LogP contribution in [0.2, 0.25) is 5.02 Å². The smallest absolute Gasteiger partial charge is 0.126 e. The van der Waals surface area contributed by atoms with E-state index in [1.807, 2.05) is 0 Å². The average Bonchev–Trinajstić information content (AvgIpc) is 2.28. The molecule has 0 aliphatic heterocycles. The lowest BCUT2D eigenvalue weighted by molar-refractivity contribution is 0.267. The lowest BCUT2D eigenvalue weighted by Gasteiger charge is -2.31. The molecule has 3 heteroatoms. The van der Waals surface area contributed by atoms with E-state index in [4.69, 9.17) is 11.6 Å². The van der Waals surface area contributed by atoms with E-state index >= 15 is 0 Å². The number of nitrogens with one attached hydrogen (secondary N) is 1. The second-order valence-electron chi connectivity index (χ2n) is 5.66. The molecule has 1 aromatic rings. The maximum Gasteiger partial charge on any atom is 0.126 e. The number of hydrogen-bond donors (Lipinski definition) is 1. The molecular formula is C15H21ClFN. The highest BCUT2D eigenvalue weighted by Gasteiger charge is 2.23. The molecule has 0 unspecified atom stereocenters. The quantitative estimate of drug-likeness (QED) is 0.804. The molecule has 1 saturated carbocycles. The fourth-order valence-corrected chi connectivity index (χ4v) is 3.02. The average molecular weight is 270 g/mol. The summed E-state index contributed by atoms with van der Waals surface area (Å²) in [4.78, 5) is 0. The topological polar surface area (TPSA) is 12.0 Å². The molecule has 0 amide bonds. The molecule has 0 aromatic heterocycles. The van der Waals surface area contributed by atoms with Crippen molar-refractivity contribution in [1.82, 2.24) is 0 Å². The zero-order chi connectivity index (χ0) is 13.1. The van der Waals surface area contributed by atoms with Crippen molar-refractivity contribution < 1.29 is 4.39 Å². The fourth-order valence-electron chi connectivity index (χ4n) is 2.80. The van der Waals surface area contributed by atoms with Gasteiger partial charge >= 0.3 is 0 Å². The molecule has 0 atom stereocenters. The predicted octanol–water partition coefficient (Wildman–Crippen LogP) is 5.11. The number of rotatable bonds is 3. The second kappa shape index (κ2) is 5.92. The minimum atomic E-state index is -0.277. The summed E-state index contributed by atoms with van der Waals surface area (Å²) in [6.07, 6.45) is 4.85. The highest BCUT2D eigenvalue weighted by molar-refractivity contribution is 6.30. The maximum absolute atomic E-state index is 13.2. The Bertz CT molecular complexity index is 377. The SMILES string of the molecule is CC(C)C1CCC(Nc2cc(F)cc(Cl)c2)CC1. The zero-order valence-electron chi connectivity index (χ0n) is 11.0. The van der Waals surface area contributed by atoms with Gasteiger partial charge in [0.2, 0.25) is 0 Å². The van der Waals surface area contributed by atoms with Crippen molar-refractivity contribution in [2.75, 3.05) is 5.32 Å². The van der Waals surface area contributed by atoms with Crippen molar-refractivity contribution in [3.63, 3.8) is 0 Å². The van der Waals surface area contributed by atoms with Crippen LogP contribution in [-0.4, -0.2) is 6.04 Å². The van der Waals surface area contributed by atoms with E-state index in [-0.39, 0.29) is 5.82 Å². The molecule has 1 nitrogen and oxygen atoms in total. The molecule has 1 aromatic carbocycles. The molecule has 100 valence electrons. The van der Waals surface area contributed by atoms with Crippen LogP contribution in [-0.2, 0) is 0 Å². The summed E-state index contributed by atoms with van der Waals surface area (Å²) < 4.78 is 13.2. The van der Waals surface area contributed by atoms with Gasteiger partial charge in [-0.15, -0.1) is 0 Å². The molecule has 0 saturated heterocycles. The third-order valence-corrected chi connectivity index (χ3v) is 4.17. The molecule has 0 radical (unpaired) electrons. The monoisotopic (exact) mass is 269 g/mol. The highest BCUT2D eigenvalue weighted by Crippen LogP contribution is 2.31. The third kappa shape index (κ3) is 3.61. The molecule has 0 spiro atoms. The lowest BCUT2D eigenvalue weighted by atomic mass is 9.79. The summed E-state index contributed by atoms with van der Waals surface area (Å²) in [5, 5.41) is 3.85. The summed E-state index contributed by atoms with van der Waals surface area (Å²) in [6.45, 7) is 4.59. The highest BCUT2D eigenvalue weighted by atomic mass is 35.5. The molecule has 1 fully saturated rings. The van der Waals surface area contributed by atoms with Crippen molar-refractivity contribution in [3.8, 4) is 0 Å². The lowest BCUT2D eigenvalue weighted by Crippen LogP contribution is -2.27. The Labute approximate surface area is 114 Å². The van der Waals surface area contributed by atoms with Gasteiger partial charge < -0.3 is 5.32 Å². The number of benzene rings is 1. The van der Waals surface area contributed by atoms with Crippen molar-refractivity contribution in [2.24, 2.45) is 11.8 Å². The van der Waals surface area contributed by atoms with Crippen LogP contribution < -0.4 is 5.32 Å². The van der Waals surface area contributed by atoms with Crippen LogP contribution in [0.4, 0.5) is 10.1 Å². The Morgan fingerprint density at radius 2 is 1.83 bits per heavy atom. The number of hydrogen-bond acceptors (Lipinski definition) is 1. The van der Waals surface area contributed by atoms with Gasteiger partial charge in [0.25, 0.3) is 0 Å². The molecule has 2 rings (SSSR count). The Hall–Kier alpha value is -0.760. The molecule has 18 heavy (non-hydrogen) atoms. The largest absolute Gasteiger partial charge is 0.382 e. The second-order valence-corrected chi connectivity index (χ2v) is 6.09. The van der Waals surface area contributed by atoms with E-state index in [1.54, 1.807) is 6.07 Å². The van der Waals surface area contributed by atoms with Gasteiger partial charge in [-0.3, -0.25) is 0 Å². The van der Waals surface area contributed by atoms with Crippen LogP contribution in [0, 0.1) is 17.7 Å². The summed E-state index contributed by atoms with van der Waals surface area (Å²) in [7, 11) is 0. The first-order valence-electron chi connectivity index (χ1n) is 6.77. The first-order chi connectivity index (χ1) is 8.54. The van der Waals surface area contributed by atoms with Crippen LogP contribution in [0.5, 0.6) is 0 Å². The van der Waals surface area contributed by atoms with Crippen LogP contribution in [0.25, 0.3) is 0 Å². The van der Waals surface area contributed by atoms with Gasteiger partial charge in [-0.2, -0.15) is 0 Å². The first kappa shape index (κ1) is 13.7. The van der Waals surface area contributed by atoms with Crippen molar-refractivity contribution >= 4 is 17.3 Å². The molecular weight excluding hydrogens is 249 g/mol. The van der Waals surface area contributed by atoms with Crippen molar-refractivity contribution in [3.05, 3.63) is 29.0 Å². The van der Waals surface area contributed by atoms with E-state index in [0.29, 0.717) is 11.1 Å². The predicted molar refractivity (Wildman–Crippen MR) is 75.6 cm³/mol. The van der Waals surface area contributed by atoms with Crippen molar-refractivity contribution in [2.45, 2.75) is 45.6 Å². The van der Waals surface area contributed by atoms with Gasteiger partial charge in [-0.25, -0.2) is 4.39 Å². The van der Waals surface area contributed by atoms with Gasteiger partial charge in [0.15, 0.2) is 0 Å². The maximum atomic E-state index is 13.2. The molecule has 1 aliphatic carbocycles. The van der Waals surface area contributed by atoms with Gasteiger partial charge in [-0.1, -0.05) is 25.4 Å². The summed E-state index contributed by atoms with van der Waals surface area (Å²) >= 11 is 5.85. The van der Waals surface area contributed by atoms with Gasteiger partial charge in [0.05, 0.1) is 0 Å². The Kier molecular flexibility index (Phi) is 4.50. The van der Waals surface area contributed by atoms with E-state index in [2.05, 4.69) is 19.2 Å². The molecule has 0 bridgehead atoms. The van der Waals surface area contributed by atoms with Gasteiger partial charge in [-0.05, 0) is 55.7 Å². The first-order valence-corrected chi connectivity index (χ1v) is 7.15. The third-order valence-electron chi connectivity index (χ3n) is 3.95. The van der Waals surface area contributed by atoms with Crippen LogP contribution in [0.3, 0.4) is 0 Å². The summed E-state index contributed by atoms with van der Waals surface area (Å²) in [5.41, 5.74) is 0.799. The molecule has 1 N–H and O–H groups in total. The van der Waals surface area contributed by atoms with Gasteiger partial charge in [0.1, 0.15) is 5.82 Å².